The average molecular weight is 498 g/mol. The number of anilines is 1. The number of hydrogen-bond donors (Lipinski definition) is 2. The minimum Gasteiger partial charge on any atom is -0.377 e. The Kier molecular flexibility index (Phi) is 8.17. The number of sulfonamides is 1. The van der Waals surface area contributed by atoms with Crippen LogP contribution in [0.1, 0.15) is 64.6 Å². The van der Waals surface area contributed by atoms with Crippen LogP contribution in [0.15, 0.2) is 34.3 Å². The zero-order valence-corrected chi connectivity index (χ0v) is 21.3. The lowest BCUT2D eigenvalue weighted by molar-refractivity contribution is 0.235. The molecule has 1 aliphatic carbocycles. The Hall–Kier alpha value is -1.98. The molecule has 184 valence electrons. The van der Waals surface area contributed by atoms with Crippen LogP contribution < -0.4 is 10.0 Å². The predicted molar refractivity (Wildman–Crippen MR) is 128 cm³/mol. The second-order valence-corrected chi connectivity index (χ2v) is 12.7. The van der Waals surface area contributed by atoms with Crippen LogP contribution in [-0.2, 0) is 33.0 Å². The standard InChI is InChI=1S/C22H35N5O4S2/c1-4-22(12-8-6-7-9-13-22)16-25-33(30,31)20-14-18(32(3,28)29)10-11-19(20)23-15-21-26-24-17-27(21)5-2/h10-11,14,17,23,25H,4-9,12-13,15-16H2,1-3H3. The smallest absolute Gasteiger partial charge is 0.242 e. The first-order chi connectivity index (χ1) is 15.6. The van der Waals surface area contributed by atoms with Crippen molar-refractivity contribution in [2.24, 2.45) is 5.41 Å². The summed E-state index contributed by atoms with van der Waals surface area (Å²) in [5.74, 6) is 0.657. The molecule has 11 heteroatoms. The van der Waals surface area contributed by atoms with Crippen molar-refractivity contribution in [1.82, 2.24) is 19.5 Å². The number of rotatable bonds is 10. The second-order valence-electron chi connectivity index (χ2n) is 8.91. The van der Waals surface area contributed by atoms with Crippen LogP contribution in [-0.4, -0.2) is 44.4 Å². The Morgan fingerprint density at radius 2 is 1.76 bits per heavy atom. The van der Waals surface area contributed by atoms with E-state index in [1.807, 2.05) is 11.5 Å². The Morgan fingerprint density at radius 3 is 2.36 bits per heavy atom. The fourth-order valence-corrected chi connectivity index (χ4v) is 6.50. The van der Waals surface area contributed by atoms with E-state index in [0.717, 1.165) is 38.4 Å². The minimum absolute atomic E-state index is 0.0372. The van der Waals surface area contributed by atoms with Gasteiger partial charge < -0.3 is 9.88 Å². The number of aromatic nitrogens is 3. The number of nitrogens with one attached hydrogen (secondary N) is 2. The van der Waals surface area contributed by atoms with Gasteiger partial charge >= 0.3 is 0 Å². The zero-order chi connectivity index (χ0) is 24.1. The Balaban J connectivity index is 1.90. The Bertz CT molecular complexity index is 1150. The summed E-state index contributed by atoms with van der Waals surface area (Å²) in [4.78, 5) is -0.113. The van der Waals surface area contributed by atoms with Gasteiger partial charge in [0.25, 0.3) is 0 Å². The van der Waals surface area contributed by atoms with Crippen LogP contribution in [0.3, 0.4) is 0 Å². The van der Waals surface area contributed by atoms with Crippen LogP contribution in [0.25, 0.3) is 0 Å². The first kappa shape index (κ1) is 25.6. The quantitative estimate of drug-likeness (QED) is 0.483. The van der Waals surface area contributed by atoms with Crippen molar-refractivity contribution in [3.63, 3.8) is 0 Å². The molecule has 0 atom stereocenters. The molecular formula is C22H35N5O4S2. The fraction of sp³-hybridized carbons (Fsp3) is 0.636. The highest BCUT2D eigenvalue weighted by Gasteiger charge is 2.32. The summed E-state index contributed by atoms with van der Waals surface area (Å²) in [5, 5.41) is 11.1. The van der Waals surface area contributed by atoms with Crippen molar-refractivity contribution in [2.45, 2.75) is 81.7 Å². The van der Waals surface area contributed by atoms with Crippen molar-refractivity contribution >= 4 is 25.5 Å². The van der Waals surface area contributed by atoms with Crippen LogP contribution in [0, 0.1) is 5.41 Å². The number of benzene rings is 1. The lowest BCUT2D eigenvalue weighted by Crippen LogP contribution is -2.37. The third-order valence-electron chi connectivity index (χ3n) is 6.70. The van der Waals surface area contributed by atoms with Gasteiger partial charge in [0.15, 0.2) is 15.7 Å². The molecule has 1 saturated carbocycles. The van der Waals surface area contributed by atoms with E-state index in [0.29, 0.717) is 24.6 Å². The molecule has 3 rings (SSSR count). The van der Waals surface area contributed by atoms with E-state index in [2.05, 4.69) is 27.2 Å². The van der Waals surface area contributed by atoms with Gasteiger partial charge in [0.2, 0.25) is 10.0 Å². The van der Waals surface area contributed by atoms with Gasteiger partial charge in [-0.1, -0.05) is 32.6 Å². The van der Waals surface area contributed by atoms with Crippen LogP contribution >= 0.6 is 0 Å². The van der Waals surface area contributed by atoms with Crippen molar-refractivity contribution in [2.75, 3.05) is 18.1 Å². The van der Waals surface area contributed by atoms with Crippen molar-refractivity contribution in [3.05, 3.63) is 30.4 Å². The summed E-state index contributed by atoms with van der Waals surface area (Å²) in [5.41, 5.74) is 0.260. The molecular weight excluding hydrogens is 462 g/mol. The number of sulfone groups is 1. The molecule has 0 bridgehead atoms. The van der Waals surface area contributed by atoms with E-state index in [-0.39, 0.29) is 21.8 Å². The molecule has 1 heterocycles. The predicted octanol–water partition coefficient (Wildman–Crippen LogP) is 3.34. The Labute approximate surface area is 197 Å². The molecule has 1 fully saturated rings. The largest absolute Gasteiger partial charge is 0.377 e. The molecule has 0 unspecified atom stereocenters. The minimum atomic E-state index is -3.96. The van der Waals surface area contributed by atoms with Crippen LogP contribution in [0.5, 0.6) is 0 Å². The summed E-state index contributed by atoms with van der Waals surface area (Å²) in [7, 11) is -7.53. The van der Waals surface area contributed by atoms with Crippen molar-refractivity contribution in [1.29, 1.82) is 0 Å². The highest BCUT2D eigenvalue weighted by Crippen LogP contribution is 2.38. The van der Waals surface area contributed by atoms with E-state index in [9.17, 15) is 16.8 Å². The van der Waals surface area contributed by atoms with Gasteiger partial charge in [0, 0.05) is 19.3 Å². The average Bonchev–Trinajstić information content (AvgIpc) is 3.11. The van der Waals surface area contributed by atoms with E-state index >= 15 is 0 Å². The van der Waals surface area contributed by atoms with E-state index in [4.69, 9.17) is 0 Å². The van der Waals surface area contributed by atoms with Crippen LogP contribution in [0.4, 0.5) is 5.69 Å². The number of hydrogen-bond acceptors (Lipinski definition) is 7. The topological polar surface area (TPSA) is 123 Å². The summed E-state index contributed by atoms with van der Waals surface area (Å²) in [6.07, 6.45) is 10.1. The van der Waals surface area contributed by atoms with Crippen LogP contribution in [0.2, 0.25) is 0 Å². The first-order valence-corrected chi connectivity index (χ1v) is 14.9. The van der Waals surface area contributed by atoms with Crippen molar-refractivity contribution in [3.8, 4) is 0 Å². The molecule has 1 aromatic heterocycles. The van der Waals surface area contributed by atoms with Gasteiger partial charge in [-0.2, -0.15) is 0 Å². The van der Waals surface area contributed by atoms with E-state index < -0.39 is 19.9 Å². The lowest BCUT2D eigenvalue weighted by Gasteiger charge is -2.32. The van der Waals surface area contributed by atoms with Gasteiger partial charge in [-0.3, -0.25) is 0 Å². The molecule has 0 aliphatic heterocycles. The highest BCUT2D eigenvalue weighted by molar-refractivity contribution is 7.91. The van der Waals surface area contributed by atoms with Gasteiger partial charge in [-0.05, 0) is 49.8 Å². The van der Waals surface area contributed by atoms with E-state index in [1.54, 1.807) is 6.33 Å². The van der Waals surface area contributed by atoms with Gasteiger partial charge in [-0.25, -0.2) is 21.6 Å². The fourth-order valence-electron chi connectivity index (χ4n) is 4.42. The van der Waals surface area contributed by atoms with E-state index in [1.165, 1.54) is 31.0 Å². The Morgan fingerprint density at radius 1 is 1.06 bits per heavy atom. The zero-order valence-electron chi connectivity index (χ0n) is 19.7. The first-order valence-electron chi connectivity index (χ1n) is 11.5. The third-order valence-corrected chi connectivity index (χ3v) is 9.25. The van der Waals surface area contributed by atoms with Gasteiger partial charge in [0.05, 0.1) is 17.1 Å². The lowest BCUT2D eigenvalue weighted by atomic mass is 9.78. The third kappa shape index (κ3) is 6.33. The maximum Gasteiger partial charge on any atom is 0.242 e. The maximum atomic E-state index is 13.4. The highest BCUT2D eigenvalue weighted by atomic mass is 32.2. The second kappa shape index (κ2) is 10.5. The van der Waals surface area contributed by atoms with Gasteiger partial charge in [0.1, 0.15) is 11.2 Å². The molecule has 0 saturated heterocycles. The number of nitrogens with zero attached hydrogens (tertiary/aromatic N) is 3. The monoisotopic (exact) mass is 497 g/mol. The molecule has 1 aliphatic rings. The normalized spacial score (nSPS) is 16.9. The number of aryl methyl sites for hydroxylation is 1. The molecule has 0 amide bonds. The van der Waals surface area contributed by atoms with Crippen molar-refractivity contribution < 1.29 is 16.8 Å². The molecule has 9 nitrogen and oxygen atoms in total. The van der Waals surface area contributed by atoms with Gasteiger partial charge in [-0.15, -0.1) is 10.2 Å². The summed E-state index contributed by atoms with van der Waals surface area (Å²) in [6, 6.07) is 4.15. The molecule has 0 spiro atoms. The molecule has 2 aromatic rings. The molecule has 33 heavy (non-hydrogen) atoms. The SMILES string of the molecule is CCn1cnnc1CNc1ccc(S(C)(=O)=O)cc1S(=O)(=O)NCC1(CC)CCCCCC1. The molecule has 0 radical (unpaired) electrons. The summed E-state index contributed by atoms with van der Waals surface area (Å²) >= 11 is 0. The summed E-state index contributed by atoms with van der Waals surface area (Å²) in [6.45, 7) is 5.36. The maximum absolute atomic E-state index is 13.4. The summed E-state index contributed by atoms with van der Waals surface area (Å²) < 4.78 is 55.8. The molecule has 1 aromatic carbocycles. The molecule has 2 N–H and O–H groups in total.